The number of nitrogens with zero attached hydrogens (tertiary/aromatic N) is 4. The van der Waals surface area contributed by atoms with Gasteiger partial charge in [-0.25, -0.2) is 4.98 Å². The quantitative estimate of drug-likeness (QED) is 0.652. The third-order valence-electron chi connectivity index (χ3n) is 4.21. The fraction of sp³-hybridized carbons (Fsp3) is 0.294. The van der Waals surface area contributed by atoms with Crippen LogP contribution in [0.3, 0.4) is 0 Å². The highest BCUT2D eigenvalue weighted by Crippen LogP contribution is 2.30. The first-order chi connectivity index (χ1) is 12.3. The van der Waals surface area contributed by atoms with Gasteiger partial charge in [0.25, 0.3) is 11.8 Å². The summed E-state index contributed by atoms with van der Waals surface area (Å²) in [5, 5.41) is 6.86. The Hall–Kier alpha value is -2.19. The summed E-state index contributed by atoms with van der Waals surface area (Å²) in [6.07, 6.45) is 4.47. The maximum atomic E-state index is 12.8. The SMILES string of the molecule is CSc1ncccc1C(=O)N1CCC(c2noc(-c3cccs3)n2)C1. The number of carbonyl (C=O) groups excluding carboxylic acids is 1. The normalized spacial score (nSPS) is 17.2. The molecular weight excluding hydrogens is 356 g/mol. The maximum absolute atomic E-state index is 12.8. The average Bonchev–Trinajstić information content (AvgIpc) is 3.41. The van der Waals surface area contributed by atoms with Gasteiger partial charge in [0.2, 0.25) is 0 Å². The van der Waals surface area contributed by atoms with Crippen LogP contribution < -0.4 is 0 Å². The summed E-state index contributed by atoms with van der Waals surface area (Å²) in [4.78, 5) is 24.4. The molecule has 4 heterocycles. The van der Waals surface area contributed by atoms with Crippen molar-refractivity contribution in [1.82, 2.24) is 20.0 Å². The lowest BCUT2D eigenvalue weighted by Crippen LogP contribution is -2.29. The van der Waals surface area contributed by atoms with Crippen molar-refractivity contribution in [2.75, 3.05) is 19.3 Å². The number of hydrogen-bond donors (Lipinski definition) is 0. The number of aromatic nitrogens is 3. The van der Waals surface area contributed by atoms with E-state index in [1.54, 1.807) is 23.6 Å². The molecule has 1 unspecified atom stereocenters. The van der Waals surface area contributed by atoms with Gasteiger partial charge >= 0.3 is 0 Å². The van der Waals surface area contributed by atoms with E-state index in [-0.39, 0.29) is 11.8 Å². The molecule has 0 aliphatic carbocycles. The average molecular weight is 372 g/mol. The van der Waals surface area contributed by atoms with Gasteiger partial charge in [-0.15, -0.1) is 23.1 Å². The Bertz CT molecular complexity index is 878. The first kappa shape index (κ1) is 16.3. The van der Waals surface area contributed by atoms with Crippen molar-refractivity contribution in [3.63, 3.8) is 0 Å². The van der Waals surface area contributed by atoms with E-state index >= 15 is 0 Å². The molecule has 1 atom stereocenters. The number of thioether (sulfide) groups is 1. The number of thiophene rings is 1. The van der Waals surface area contributed by atoms with E-state index in [1.165, 1.54) is 11.8 Å². The smallest absolute Gasteiger partial charge is 0.267 e. The molecule has 3 aromatic heterocycles. The second-order valence-electron chi connectivity index (χ2n) is 5.73. The van der Waals surface area contributed by atoms with Crippen LogP contribution in [0, 0.1) is 0 Å². The van der Waals surface area contributed by atoms with E-state index in [9.17, 15) is 4.79 Å². The standard InChI is InChI=1S/C17H16N4O2S2/c1-24-16-12(4-2-7-18-16)17(22)21-8-6-11(10-21)14-19-15(23-20-14)13-5-3-9-25-13/h2-5,7,9,11H,6,8,10H2,1H3. The Balaban J connectivity index is 1.49. The molecule has 0 bridgehead atoms. The van der Waals surface area contributed by atoms with Gasteiger partial charge < -0.3 is 9.42 Å². The van der Waals surface area contributed by atoms with Crippen molar-refractivity contribution >= 4 is 29.0 Å². The first-order valence-electron chi connectivity index (χ1n) is 7.92. The van der Waals surface area contributed by atoms with E-state index < -0.39 is 0 Å². The minimum Gasteiger partial charge on any atom is -0.338 e. The number of hydrogen-bond acceptors (Lipinski definition) is 7. The van der Waals surface area contributed by atoms with Gasteiger partial charge in [-0.1, -0.05) is 11.2 Å². The Kier molecular flexibility index (Phi) is 4.54. The molecule has 1 amide bonds. The molecule has 6 nitrogen and oxygen atoms in total. The van der Waals surface area contributed by atoms with Gasteiger partial charge in [0.05, 0.1) is 10.4 Å². The highest BCUT2D eigenvalue weighted by atomic mass is 32.2. The summed E-state index contributed by atoms with van der Waals surface area (Å²) in [5.41, 5.74) is 0.656. The molecule has 4 rings (SSSR count). The van der Waals surface area contributed by atoms with Gasteiger partial charge in [-0.2, -0.15) is 4.98 Å². The van der Waals surface area contributed by atoms with E-state index in [0.29, 0.717) is 30.4 Å². The van der Waals surface area contributed by atoms with Gasteiger partial charge in [-0.3, -0.25) is 4.79 Å². The number of likely N-dealkylation sites (tertiary alicyclic amines) is 1. The van der Waals surface area contributed by atoms with Crippen LogP contribution in [0.25, 0.3) is 10.8 Å². The van der Waals surface area contributed by atoms with Gasteiger partial charge in [0, 0.05) is 25.2 Å². The summed E-state index contributed by atoms with van der Waals surface area (Å²) in [5.74, 6) is 1.35. The fourth-order valence-corrected chi connectivity index (χ4v) is 4.13. The molecule has 0 N–H and O–H groups in total. The maximum Gasteiger partial charge on any atom is 0.267 e. The zero-order valence-electron chi connectivity index (χ0n) is 13.6. The topological polar surface area (TPSA) is 72.1 Å². The molecule has 1 fully saturated rings. The zero-order valence-corrected chi connectivity index (χ0v) is 15.2. The monoisotopic (exact) mass is 372 g/mol. The van der Waals surface area contributed by atoms with Crippen LogP contribution in [0.5, 0.6) is 0 Å². The van der Waals surface area contributed by atoms with Gasteiger partial charge in [-0.05, 0) is 36.3 Å². The summed E-state index contributed by atoms with van der Waals surface area (Å²) in [7, 11) is 0. The molecule has 3 aromatic rings. The lowest BCUT2D eigenvalue weighted by molar-refractivity contribution is 0.0786. The summed E-state index contributed by atoms with van der Waals surface area (Å²) in [6, 6.07) is 7.54. The van der Waals surface area contributed by atoms with Crippen molar-refractivity contribution in [1.29, 1.82) is 0 Å². The summed E-state index contributed by atoms with van der Waals surface area (Å²) in [6.45, 7) is 1.29. The predicted octanol–water partition coefficient (Wildman–Crippen LogP) is 3.54. The van der Waals surface area contributed by atoms with Crippen LogP contribution in [0.15, 0.2) is 45.4 Å². The van der Waals surface area contributed by atoms with Crippen molar-refractivity contribution < 1.29 is 9.32 Å². The van der Waals surface area contributed by atoms with Crippen molar-refractivity contribution in [3.8, 4) is 10.8 Å². The number of carbonyl (C=O) groups is 1. The zero-order chi connectivity index (χ0) is 17.2. The van der Waals surface area contributed by atoms with Crippen LogP contribution in [0.4, 0.5) is 0 Å². The third-order valence-corrected chi connectivity index (χ3v) is 5.78. The van der Waals surface area contributed by atoms with Crippen molar-refractivity contribution in [2.45, 2.75) is 17.4 Å². The van der Waals surface area contributed by atoms with Crippen LogP contribution >= 0.6 is 23.1 Å². The van der Waals surface area contributed by atoms with Crippen molar-refractivity contribution in [3.05, 3.63) is 47.2 Å². The summed E-state index contributed by atoms with van der Waals surface area (Å²) >= 11 is 3.05. The fourth-order valence-electron chi connectivity index (χ4n) is 2.94. The lowest BCUT2D eigenvalue weighted by atomic mass is 10.1. The molecule has 0 spiro atoms. The van der Waals surface area contributed by atoms with Crippen LogP contribution in [0.1, 0.15) is 28.5 Å². The highest BCUT2D eigenvalue weighted by Gasteiger charge is 2.32. The Labute approximate surface area is 153 Å². The molecule has 1 aliphatic rings. The highest BCUT2D eigenvalue weighted by molar-refractivity contribution is 7.98. The predicted molar refractivity (Wildman–Crippen MR) is 96.9 cm³/mol. The van der Waals surface area contributed by atoms with Crippen molar-refractivity contribution in [2.24, 2.45) is 0 Å². The molecule has 0 saturated carbocycles. The van der Waals surface area contributed by atoms with Crippen LogP contribution in [-0.2, 0) is 0 Å². The molecule has 8 heteroatoms. The minimum atomic E-state index is 0.0157. The molecule has 0 radical (unpaired) electrons. The lowest BCUT2D eigenvalue weighted by Gasteiger charge is -2.17. The van der Waals surface area contributed by atoms with Crippen LogP contribution in [0.2, 0.25) is 0 Å². The van der Waals surface area contributed by atoms with Gasteiger partial charge in [0.1, 0.15) is 5.03 Å². The van der Waals surface area contributed by atoms with E-state index in [1.807, 2.05) is 34.7 Å². The number of amides is 1. The largest absolute Gasteiger partial charge is 0.338 e. The molecule has 25 heavy (non-hydrogen) atoms. The van der Waals surface area contributed by atoms with E-state index in [0.717, 1.165) is 16.3 Å². The van der Waals surface area contributed by atoms with Crippen LogP contribution in [-0.4, -0.2) is 45.3 Å². The Morgan fingerprint density at radius 3 is 3.12 bits per heavy atom. The summed E-state index contributed by atoms with van der Waals surface area (Å²) < 4.78 is 5.37. The molecule has 128 valence electrons. The Morgan fingerprint density at radius 1 is 1.40 bits per heavy atom. The Morgan fingerprint density at radius 2 is 2.32 bits per heavy atom. The molecule has 1 aliphatic heterocycles. The number of rotatable bonds is 4. The van der Waals surface area contributed by atoms with Gasteiger partial charge in [0.15, 0.2) is 5.82 Å². The molecular formula is C17H16N4O2S2. The molecule has 0 aromatic carbocycles. The minimum absolute atomic E-state index is 0.0157. The second-order valence-corrected chi connectivity index (χ2v) is 7.47. The molecule has 1 saturated heterocycles. The third kappa shape index (κ3) is 3.19. The second kappa shape index (κ2) is 6.97. The van der Waals surface area contributed by atoms with E-state index in [4.69, 9.17) is 4.52 Å². The number of pyridine rings is 1. The first-order valence-corrected chi connectivity index (χ1v) is 10.0. The van der Waals surface area contributed by atoms with E-state index in [2.05, 4.69) is 15.1 Å².